The maximum atomic E-state index is 13.4. The topological polar surface area (TPSA) is 52.6 Å². The van der Waals surface area contributed by atoms with E-state index in [2.05, 4.69) is 33.9 Å². The molecule has 0 aromatic heterocycles. The number of hydrogen-bond acceptors (Lipinski definition) is 4. The molecule has 0 heterocycles. The molecule has 1 aliphatic rings. The summed E-state index contributed by atoms with van der Waals surface area (Å²) in [6, 6.07) is 8.64. The van der Waals surface area contributed by atoms with Crippen molar-refractivity contribution in [2.45, 2.75) is 75.8 Å². The standard InChI is InChI=1S/C21H34O4SSi/c1-16-19(25-27(6,7)21(2,3)4)14-13-17(24-5)15-20(16)26(22,23)18-11-9-8-10-12-18/h8-12,15-17,19H,13-14H2,1-7H3/t16-,17-,19+/m1/s1. The first-order chi connectivity index (χ1) is 12.4. The van der Waals surface area contributed by atoms with Crippen molar-refractivity contribution in [3.8, 4) is 0 Å². The van der Waals surface area contributed by atoms with Crippen molar-refractivity contribution in [2.75, 3.05) is 7.11 Å². The first kappa shape index (κ1) is 22.3. The van der Waals surface area contributed by atoms with Crippen molar-refractivity contribution in [3.63, 3.8) is 0 Å². The Morgan fingerprint density at radius 1 is 1.07 bits per heavy atom. The van der Waals surface area contributed by atoms with Crippen LogP contribution < -0.4 is 0 Å². The van der Waals surface area contributed by atoms with E-state index in [0.29, 0.717) is 9.80 Å². The van der Waals surface area contributed by atoms with E-state index in [9.17, 15) is 8.42 Å². The minimum atomic E-state index is -3.59. The first-order valence-electron chi connectivity index (χ1n) is 9.62. The third-order valence-corrected chi connectivity index (χ3v) is 12.5. The second kappa shape index (κ2) is 8.19. The van der Waals surface area contributed by atoms with Crippen LogP contribution in [0.4, 0.5) is 0 Å². The number of rotatable bonds is 5. The van der Waals surface area contributed by atoms with Crippen LogP contribution in [0.2, 0.25) is 18.1 Å². The van der Waals surface area contributed by atoms with Gasteiger partial charge in [0.05, 0.1) is 22.0 Å². The average Bonchev–Trinajstić information content (AvgIpc) is 2.74. The highest BCUT2D eigenvalue weighted by Crippen LogP contribution is 2.41. The number of hydrogen-bond donors (Lipinski definition) is 0. The second-order valence-electron chi connectivity index (χ2n) is 8.94. The zero-order chi connectivity index (χ0) is 20.5. The summed E-state index contributed by atoms with van der Waals surface area (Å²) >= 11 is 0. The summed E-state index contributed by atoms with van der Waals surface area (Å²) in [5.74, 6) is -0.218. The highest BCUT2D eigenvalue weighted by Gasteiger charge is 2.42. The number of benzene rings is 1. The minimum Gasteiger partial charge on any atom is -0.413 e. The third-order valence-electron chi connectivity index (χ3n) is 6.01. The molecule has 0 radical (unpaired) electrons. The first-order valence-corrected chi connectivity index (χ1v) is 14.0. The fraction of sp³-hybridized carbons (Fsp3) is 0.619. The van der Waals surface area contributed by atoms with E-state index in [-0.39, 0.29) is 23.2 Å². The van der Waals surface area contributed by atoms with Crippen molar-refractivity contribution in [2.24, 2.45) is 5.92 Å². The Hall–Kier alpha value is -0.953. The Bertz CT molecular complexity index is 763. The predicted octanol–water partition coefficient (Wildman–Crippen LogP) is 5.18. The van der Waals surface area contributed by atoms with Crippen LogP contribution in [0.25, 0.3) is 0 Å². The molecule has 4 nitrogen and oxygen atoms in total. The summed E-state index contributed by atoms with van der Waals surface area (Å²) in [5.41, 5.74) is 0. The normalized spacial score (nSPS) is 25.0. The van der Waals surface area contributed by atoms with Crippen LogP contribution in [0.5, 0.6) is 0 Å². The molecule has 0 bridgehead atoms. The van der Waals surface area contributed by atoms with Gasteiger partial charge in [-0.25, -0.2) is 8.42 Å². The number of methoxy groups -OCH3 is 1. The molecule has 0 saturated carbocycles. The monoisotopic (exact) mass is 410 g/mol. The molecule has 0 N–H and O–H groups in total. The molecule has 0 amide bonds. The van der Waals surface area contributed by atoms with Crippen LogP contribution in [-0.4, -0.2) is 36.1 Å². The zero-order valence-corrected chi connectivity index (χ0v) is 19.5. The maximum absolute atomic E-state index is 13.4. The summed E-state index contributed by atoms with van der Waals surface area (Å²) in [4.78, 5) is 0.743. The summed E-state index contributed by atoms with van der Waals surface area (Å²) in [7, 11) is -3.97. The average molecular weight is 411 g/mol. The Morgan fingerprint density at radius 3 is 2.19 bits per heavy atom. The number of sulfone groups is 1. The summed E-state index contributed by atoms with van der Waals surface area (Å²) in [6.45, 7) is 13.0. The van der Waals surface area contributed by atoms with Crippen LogP contribution in [0, 0.1) is 5.92 Å². The van der Waals surface area contributed by atoms with Crippen LogP contribution in [0.15, 0.2) is 46.2 Å². The van der Waals surface area contributed by atoms with Gasteiger partial charge in [-0.1, -0.05) is 45.9 Å². The lowest BCUT2D eigenvalue weighted by atomic mass is 10.0. The van der Waals surface area contributed by atoms with Crippen molar-refractivity contribution in [3.05, 3.63) is 41.3 Å². The third kappa shape index (κ3) is 4.91. The van der Waals surface area contributed by atoms with Gasteiger partial charge in [-0.05, 0) is 49.2 Å². The highest BCUT2D eigenvalue weighted by atomic mass is 32.2. The van der Waals surface area contributed by atoms with Crippen LogP contribution >= 0.6 is 0 Å². The lowest BCUT2D eigenvalue weighted by Gasteiger charge is -2.41. The lowest BCUT2D eigenvalue weighted by molar-refractivity contribution is 0.0999. The van der Waals surface area contributed by atoms with Crippen LogP contribution in [0.3, 0.4) is 0 Å². The largest absolute Gasteiger partial charge is 0.413 e. The molecule has 152 valence electrons. The van der Waals surface area contributed by atoms with E-state index >= 15 is 0 Å². The van der Waals surface area contributed by atoms with E-state index in [1.54, 1.807) is 37.5 Å². The molecule has 0 saturated heterocycles. The summed E-state index contributed by atoms with van der Waals surface area (Å²) < 4.78 is 38.9. The molecule has 2 rings (SSSR count). The van der Waals surface area contributed by atoms with Gasteiger partial charge in [0.15, 0.2) is 8.32 Å². The highest BCUT2D eigenvalue weighted by molar-refractivity contribution is 7.95. The van der Waals surface area contributed by atoms with Gasteiger partial charge in [-0.15, -0.1) is 0 Å². The fourth-order valence-electron chi connectivity index (χ4n) is 3.15. The molecule has 27 heavy (non-hydrogen) atoms. The quantitative estimate of drug-likeness (QED) is 0.628. The molecule has 1 aliphatic carbocycles. The van der Waals surface area contributed by atoms with Gasteiger partial charge in [0.25, 0.3) is 0 Å². The molecular formula is C21H34O4SSi. The van der Waals surface area contributed by atoms with Crippen molar-refractivity contribution in [1.82, 2.24) is 0 Å². The van der Waals surface area contributed by atoms with Gasteiger partial charge >= 0.3 is 0 Å². The molecule has 1 aromatic rings. The maximum Gasteiger partial charge on any atom is 0.202 e. The Balaban J connectivity index is 2.44. The summed E-state index contributed by atoms with van der Waals surface area (Å²) in [6.07, 6.45) is 3.00. The molecular weight excluding hydrogens is 376 g/mol. The molecule has 3 atom stereocenters. The molecule has 0 unspecified atom stereocenters. The van der Waals surface area contributed by atoms with Crippen LogP contribution in [-0.2, 0) is 19.0 Å². The number of ether oxygens (including phenoxy) is 1. The smallest absolute Gasteiger partial charge is 0.202 e. The van der Waals surface area contributed by atoms with E-state index in [1.165, 1.54) is 0 Å². The molecule has 6 heteroatoms. The lowest BCUT2D eigenvalue weighted by Crippen LogP contribution is -2.45. The fourth-order valence-corrected chi connectivity index (χ4v) is 6.34. The van der Waals surface area contributed by atoms with E-state index in [1.807, 2.05) is 13.0 Å². The van der Waals surface area contributed by atoms with E-state index in [0.717, 1.165) is 12.8 Å². The Morgan fingerprint density at radius 2 is 1.67 bits per heavy atom. The Kier molecular flexibility index (Phi) is 6.78. The molecule has 0 aliphatic heterocycles. The van der Waals surface area contributed by atoms with Crippen molar-refractivity contribution in [1.29, 1.82) is 0 Å². The SMILES string of the molecule is CO[C@H]1C=C(S(=O)(=O)c2ccccc2)[C@H](C)[C@@H](O[Si](C)(C)C(C)(C)C)CC1. The zero-order valence-electron chi connectivity index (χ0n) is 17.7. The van der Waals surface area contributed by atoms with Crippen molar-refractivity contribution >= 4 is 18.2 Å². The van der Waals surface area contributed by atoms with Gasteiger partial charge in [-0.3, -0.25) is 0 Å². The van der Waals surface area contributed by atoms with E-state index < -0.39 is 18.2 Å². The van der Waals surface area contributed by atoms with E-state index in [4.69, 9.17) is 9.16 Å². The minimum absolute atomic E-state index is 0.0713. The van der Waals surface area contributed by atoms with Gasteiger partial charge < -0.3 is 9.16 Å². The van der Waals surface area contributed by atoms with Crippen LogP contribution in [0.1, 0.15) is 40.5 Å². The molecule has 0 fully saturated rings. The van der Waals surface area contributed by atoms with Gasteiger partial charge in [-0.2, -0.15) is 0 Å². The van der Waals surface area contributed by atoms with Gasteiger partial charge in [0.2, 0.25) is 9.84 Å². The van der Waals surface area contributed by atoms with Gasteiger partial charge in [0, 0.05) is 13.0 Å². The molecule has 1 aromatic carbocycles. The second-order valence-corrected chi connectivity index (χ2v) is 15.6. The predicted molar refractivity (Wildman–Crippen MR) is 113 cm³/mol. The van der Waals surface area contributed by atoms with Crippen molar-refractivity contribution < 1.29 is 17.6 Å². The van der Waals surface area contributed by atoms with Gasteiger partial charge in [0.1, 0.15) is 0 Å². The summed E-state index contributed by atoms with van der Waals surface area (Å²) in [5, 5.41) is 0.0713. The molecule has 0 spiro atoms. The Labute approximate surface area is 166 Å².